The van der Waals surface area contributed by atoms with E-state index in [0.717, 1.165) is 0 Å². The second-order valence-electron chi connectivity index (χ2n) is 2.68. The Kier molecular flexibility index (Phi) is 3.94. The zero-order valence-electron chi connectivity index (χ0n) is 7.46. The molecular weight excluding hydrogens is 241 g/mol. The summed E-state index contributed by atoms with van der Waals surface area (Å²) in [6, 6.07) is 4.10. The molecule has 0 atom stereocenters. The van der Waals surface area contributed by atoms with Crippen LogP contribution in [0.2, 0.25) is 5.02 Å². The van der Waals surface area contributed by atoms with Crippen molar-refractivity contribution < 1.29 is 14.7 Å². The fourth-order valence-electron chi connectivity index (χ4n) is 0.990. The van der Waals surface area contributed by atoms with E-state index in [1.54, 1.807) is 0 Å². The molecule has 1 amide bonds. The van der Waals surface area contributed by atoms with E-state index in [4.69, 9.17) is 28.3 Å². The van der Waals surface area contributed by atoms with Gasteiger partial charge in [-0.2, -0.15) is 0 Å². The molecule has 80 valence electrons. The largest absolute Gasteiger partial charge is 0.478 e. The van der Waals surface area contributed by atoms with Crippen LogP contribution in [0.25, 0.3) is 0 Å². The molecule has 0 fully saturated rings. The number of carboxylic acids is 1. The number of hydrogen-bond donors (Lipinski definition) is 2. The lowest BCUT2D eigenvalue weighted by molar-refractivity contribution is -0.113. The number of benzene rings is 1. The van der Waals surface area contributed by atoms with Gasteiger partial charge in [0.15, 0.2) is 0 Å². The number of anilines is 1. The van der Waals surface area contributed by atoms with E-state index in [1.165, 1.54) is 18.2 Å². The molecule has 0 spiro atoms. The number of rotatable bonds is 3. The molecule has 1 aromatic rings. The summed E-state index contributed by atoms with van der Waals surface area (Å²) in [5.74, 6) is -1.87. The van der Waals surface area contributed by atoms with Gasteiger partial charge in [0.25, 0.3) is 0 Å². The minimum atomic E-state index is -1.14. The van der Waals surface area contributed by atoms with Gasteiger partial charge in [-0.1, -0.05) is 11.6 Å². The van der Waals surface area contributed by atoms with Crippen LogP contribution in [0.5, 0.6) is 0 Å². The first-order valence-corrected chi connectivity index (χ1v) is 4.84. The van der Waals surface area contributed by atoms with Crippen LogP contribution in [0.15, 0.2) is 18.2 Å². The molecule has 0 bridgehead atoms. The van der Waals surface area contributed by atoms with Crippen molar-refractivity contribution in [3.63, 3.8) is 0 Å². The number of amides is 1. The van der Waals surface area contributed by atoms with Crippen molar-refractivity contribution >= 4 is 40.8 Å². The highest BCUT2D eigenvalue weighted by atomic mass is 35.5. The first kappa shape index (κ1) is 11.8. The minimum Gasteiger partial charge on any atom is -0.478 e. The fourth-order valence-corrected chi connectivity index (χ4v) is 1.23. The zero-order chi connectivity index (χ0) is 11.4. The molecule has 0 radical (unpaired) electrons. The molecular formula is C9H7Cl2NO3. The lowest BCUT2D eigenvalue weighted by Crippen LogP contribution is -2.15. The number of alkyl halides is 1. The molecule has 0 aliphatic carbocycles. The molecule has 4 nitrogen and oxygen atoms in total. The van der Waals surface area contributed by atoms with E-state index in [1.807, 2.05) is 0 Å². The Labute approximate surface area is 95.8 Å². The third-order valence-electron chi connectivity index (χ3n) is 1.61. The van der Waals surface area contributed by atoms with Crippen molar-refractivity contribution in [2.75, 3.05) is 11.2 Å². The number of aromatic carboxylic acids is 1. The Morgan fingerprint density at radius 2 is 2.07 bits per heavy atom. The topological polar surface area (TPSA) is 66.4 Å². The third kappa shape index (κ3) is 3.11. The Morgan fingerprint density at radius 1 is 1.40 bits per heavy atom. The maximum Gasteiger partial charge on any atom is 0.337 e. The summed E-state index contributed by atoms with van der Waals surface area (Å²) < 4.78 is 0. The molecule has 0 unspecified atom stereocenters. The number of carbonyl (C=O) groups is 2. The van der Waals surface area contributed by atoms with Gasteiger partial charge >= 0.3 is 5.97 Å². The molecule has 0 saturated carbocycles. The van der Waals surface area contributed by atoms with Gasteiger partial charge in [0.2, 0.25) is 5.91 Å². The van der Waals surface area contributed by atoms with Crippen LogP contribution < -0.4 is 5.32 Å². The van der Waals surface area contributed by atoms with Gasteiger partial charge < -0.3 is 10.4 Å². The predicted octanol–water partition coefficient (Wildman–Crippen LogP) is 2.22. The monoisotopic (exact) mass is 247 g/mol. The fraction of sp³-hybridized carbons (Fsp3) is 0.111. The Balaban J connectivity index is 3.07. The second-order valence-corrected chi connectivity index (χ2v) is 3.38. The van der Waals surface area contributed by atoms with Gasteiger partial charge in [0.1, 0.15) is 5.88 Å². The number of nitrogens with one attached hydrogen (secondary N) is 1. The van der Waals surface area contributed by atoms with Gasteiger partial charge in [-0.3, -0.25) is 4.79 Å². The van der Waals surface area contributed by atoms with Gasteiger partial charge in [-0.15, -0.1) is 11.6 Å². The van der Waals surface area contributed by atoms with E-state index in [0.29, 0.717) is 5.02 Å². The molecule has 0 heterocycles. The van der Waals surface area contributed by atoms with Gasteiger partial charge in [-0.05, 0) is 18.2 Å². The van der Waals surface area contributed by atoms with Crippen molar-refractivity contribution in [2.24, 2.45) is 0 Å². The van der Waals surface area contributed by atoms with Gasteiger partial charge in [0.05, 0.1) is 11.3 Å². The molecule has 15 heavy (non-hydrogen) atoms. The number of carboxylic acid groups (broad SMARTS) is 1. The van der Waals surface area contributed by atoms with Crippen LogP contribution in [0.4, 0.5) is 5.69 Å². The summed E-state index contributed by atoms with van der Waals surface area (Å²) >= 11 is 11.0. The summed E-state index contributed by atoms with van der Waals surface area (Å²) in [4.78, 5) is 21.8. The Hall–Kier alpha value is -1.26. The minimum absolute atomic E-state index is 0.0298. The van der Waals surface area contributed by atoms with Crippen LogP contribution in [0.3, 0.4) is 0 Å². The van der Waals surface area contributed by atoms with E-state index < -0.39 is 11.9 Å². The normalized spacial score (nSPS) is 9.73. The number of halogens is 2. The third-order valence-corrected chi connectivity index (χ3v) is 2.09. The Morgan fingerprint density at radius 3 is 2.60 bits per heavy atom. The van der Waals surface area contributed by atoms with E-state index in [9.17, 15) is 9.59 Å². The van der Waals surface area contributed by atoms with Crippen molar-refractivity contribution in [1.82, 2.24) is 0 Å². The van der Waals surface area contributed by atoms with Crippen LogP contribution in [-0.2, 0) is 4.79 Å². The highest BCUT2D eigenvalue weighted by Crippen LogP contribution is 2.21. The highest BCUT2D eigenvalue weighted by molar-refractivity contribution is 6.31. The van der Waals surface area contributed by atoms with E-state index in [2.05, 4.69) is 5.32 Å². The average Bonchev–Trinajstić information content (AvgIpc) is 2.17. The molecule has 6 heteroatoms. The van der Waals surface area contributed by atoms with Crippen molar-refractivity contribution in [1.29, 1.82) is 0 Å². The Bertz CT molecular complexity index is 406. The quantitative estimate of drug-likeness (QED) is 0.806. The van der Waals surface area contributed by atoms with E-state index >= 15 is 0 Å². The lowest BCUT2D eigenvalue weighted by atomic mass is 10.2. The molecule has 0 saturated heterocycles. The number of carbonyl (C=O) groups excluding carboxylic acids is 1. The first-order valence-electron chi connectivity index (χ1n) is 3.93. The standard InChI is InChI=1S/C9H7Cl2NO3/c10-4-8(13)12-7-3-5(11)1-2-6(7)9(14)15/h1-3H,4H2,(H,12,13)(H,14,15). The van der Waals surface area contributed by atoms with Gasteiger partial charge in [-0.25, -0.2) is 4.79 Å². The number of hydrogen-bond acceptors (Lipinski definition) is 2. The van der Waals surface area contributed by atoms with Crippen molar-refractivity contribution in [3.8, 4) is 0 Å². The molecule has 1 rings (SSSR count). The molecule has 0 aliphatic rings. The second kappa shape index (κ2) is 5.00. The SMILES string of the molecule is O=C(CCl)Nc1cc(Cl)ccc1C(=O)O. The summed E-state index contributed by atoms with van der Waals surface area (Å²) in [7, 11) is 0. The first-order chi connectivity index (χ1) is 7.04. The maximum absolute atomic E-state index is 11.0. The van der Waals surface area contributed by atoms with Gasteiger partial charge in [0, 0.05) is 5.02 Å². The van der Waals surface area contributed by atoms with Crippen molar-refractivity contribution in [2.45, 2.75) is 0 Å². The summed E-state index contributed by atoms with van der Waals surface area (Å²) in [6.07, 6.45) is 0. The summed E-state index contributed by atoms with van der Waals surface area (Å²) in [6.45, 7) is 0. The van der Waals surface area contributed by atoms with Crippen LogP contribution >= 0.6 is 23.2 Å². The highest BCUT2D eigenvalue weighted by Gasteiger charge is 2.12. The van der Waals surface area contributed by atoms with Crippen LogP contribution in [-0.4, -0.2) is 22.9 Å². The summed E-state index contributed by atoms with van der Waals surface area (Å²) in [5.41, 5.74) is 0.110. The maximum atomic E-state index is 11.0. The van der Waals surface area contributed by atoms with E-state index in [-0.39, 0.29) is 17.1 Å². The lowest BCUT2D eigenvalue weighted by Gasteiger charge is -2.07. The average molecular weight is 248 g/mol. The molecule has 2 N–H and O–H groups in total. The van der Waals surface area contributed by atoms with Crippen LogP contribution in [0, 0.1) is 0 Å². The predicted molar refractivity (Wildman–Crippen MR) is 57.8 cm³/mol. The molecule has 0 aliphatic heterocycles. The summed E-state index contributed by atoms with van der Waals surface area (Å²) in [5, 5.41) is 11.5. The zero-order valence-corrected chi connectivity index (χ0v) is 8.97. The molecule has 1 aromatic carbocycles. The molecule has 0 aromatic heterocycles. The smallest absolute Gasteiger partial charge is 0.337 e. The van der Waals surface area contributed by atoms with Crippen LogP contribution in [0.1, 0.15) is 10.4 Å². The van der Waals surface area contributed by atoms with Crippen molar-refractivity contribution in [3.05, 3.63) is 28.8 Å².